The number of carbonyl (C=O) groups is 1. The van der Waals surface area contributed by atoms with Crippen molar-refractivity contribution in [3.05, 3.63) is 60.2 Å². The van der Waals surface area contributed by atoms with Gasteiger partial charge in [-0.2, -0.15) is 0 Å². The number of hydrogen-bond acceptors (Lipinski definition) is 3. The van der Waals surface area contributed by atoms with E-state index in [1.807, 2.05) is 36.7 Å². The molecule has 0 amide bonds. The number of rotatable bonds is 12. The number of carbonyl (C=O) groups excluding carboxylic acids is 1. The van der Waals surface area contributed by atoms with E-state index in [2.05, 4.69) is 28.9 Å². The van der Waals surface area contributed by atoms with Crippen LogP contribution in [0.1, 0.15) is 62.7 Å². The van der Waals surface area contributed by atoms with Gasteiger partial charge in [0.2, 0.25) is 0 Å². The summed E-state index contributed by atoms with van der Waals surface area (Å²) in [7, 11) is 0. The second kappa shape index (κ2) is 12.7. The Labute approximate surface area is 169 Å². The summed E-state index contributed by atoms with van der Waals surface area (Å²) in [4.78, 5) is 18.6. The molecule has 150 valence electrons. The van der Waals surface area contributed by atoms with Crippen LogP contribution in [0.2, 0.25) is 0 Å². The van der Waals surface area contributed by atoms with Gasteiger partial charge in [0.25, 0.3) is 0 Å². The molecule has 4 heteroatoms. The van der Waals surface area contributed by atoms with Gasteiger partial charge in [0, 0.05) is 12.2 Å². The molecule has 2 aromatic carbocycles. The van der Waals surface area contributed by atoms with E-state index in [4.69, 9.17) is 4.74 Å². The van der Waals surface area contributed by atoms with Crippen molar-refractivity contribution in [2.75, 3.05) is 18.1 Å². The Hall–Kier alpha value is -2.62. The monoisotopic (exact) mass is 380 g/mol. The largest absolute Gasteiger partial charge is 0.462 e. The number of hydrogen-bond donors (Lipinski definition) is 0. The lowest BCUT2D eigenvalue weighted by Gasteiger charge is -2.19. The average molecular weight is 381 g/mol. The number of para-hydroxylation sites is 1. The molecule has 0 aliphatic rings. The zero-order chi connectivity index (χ0) is 20.0. The van der Waals surface area contributed by atoms with Crippen LogP contribution in [0.15, 0.2) is 59.6 Å². The highest BCUT2D eigenvalue weighted by molar-refractivity contribution is 5.90. The van der Waals surface area contributed by atoms with Crippen LogP contribution in [-0.2, 0) is 4.74 Å². The Kier molecular flexibility index (Phi) is 9.84. The molecule has 0 bridgehead atoms. The molecule has 0 saturated heterocycles. The van der Waals surface area contributed by atoms with Crippen LogP contribution < -0.4 is 4.90 Å². The summed E-state index contributed by atoms with van der Waals surface area (Å²) in [6.07, 6.45) is 9.49. The minimum atomic E-state index is -0.299. The summed E-state index contributed by atoms with van der Waals surface area (Å²) in [5.41, 5.74) is 2.51. The molecule has 0 aromatic heterocycles. The third kappa shape index (κ3) is 7.55. The average Bonchev–Trinajstić information content (AvgIpc) is 2.74. The minimum absolute atomic E-state index is 0.299. The van der Waals surface area contributed by atoms with Crippen molar-refractivity contribution < 1.29 is 9.53 Å². The van der Waals surface area contributed by atoms with Crippen molar-refractivity contribution in [1.29, 1.82) is 0 Å². The molecule has 0 saturated carbocycles. The van der Waals surface area contributed by atoms with Gasteiger partial charge in [-0.15, -0.1) is 0 Å². The van der Waals surface area contributed by atoms with Crippen LogP contribution in [0.25, 0.3) is 0 Å². The first-order valence-electron chi connectivity index (χ1n) is 10.4. The summed E-state index contributed by atoms with van der Waals surface area (Å²) in [6, 6.07) is 17.5. The molecular formula is C24H32N2O2. The van der Waals surface area contributed by atoms with Gasteiger partial charge in [-0.05, 0) is 49.7 Å². The lowest BCUT2D eigenvalue weighted by atomic mass is 10.1. The van der Waals surface area contributed by atoms with Crippen molar-refractivity contribution in [2.24, 2.45) is 4.99 Å². The van der Waals surface area contributed by atoms with E-state index in [-0.39, 0.29) is 5.97 Å². The lowest BCUT2D eigenvalue weighted by Crippen LogP contribution is -2.22. The highest BCUT2D eigenvalue weighted by Gasteiger charge is 2.06. The number of unbranched alkanes of at least 4 members (excludes halogenated alkanes) is 5. The second-order valence-corrected chi connectivity index (χ2v) is 6.81. The predicted molar refractivity (Wildman–Crippen MR) is 118 cm³/mol. The maximum atomic E-state index is 11.8. The van der Waals surface area contributed by atoms with E-state index in [0.717, 1.165) is 24.3 Å². The first-order valence-corrected chi connectivity index (χ1v) is 10.4. The Morgan fingerprint density at radius 1 is 0.929 bits per heavy atom. The smallest absolute Gasteiger partial charge is 0.338 e. The molecular weight excluding hydrogens is 348 g/mol. The topological polar surface area (TPSA) is 41.9 Å². The summed E-state index contributed by atoms with van der Waals surface area (Å²) < 4.78 is 5.02. The van der Waals surface area contributed by atoms with Gasteiger partial charge in [-0.25, -0.2) is 9.79 Å². The molecule has 2 aromatic rings. The molecule has 28 heavy (non-hydrogen) atoms. The molecule has 0 fully saturated rings. The van der Waals surface area contributed by atoms with Crippen LogP contribution in [-0.4, -0.2) is 25.5 Å². The van der Waals surface area contributed by atoms with Gasteiger partial charge in [0.05, 0.1) is 24.2 Å². The highest BCUT2D eigenvalue weighted by Crippen LogP contribution is 2.17. The molecule has 0 radical (unpaired) electrons. The van der Waals surface area contributed by atoms with E-state index in [1.165, 1.54) is 32.1 Å². The van der Waals surface area contributed by atoms with Gasteiger partial charge >= 0.3 is 5.97 Å². The van der Waals surface area contributed by atoms with Crippen LogP contribution in [0, 0.1) is 0 Å². The molecule has 0 aliphatic heterocycles. The fourth-order valence-electron chi connectivity index (χ4n) is 2.97. The van der Waals surface area contributed by atoms with E-state index in [9.17, 15) is 4.79 Å². The molecule has 0 N–H and O–H groups in total. The molecule has 4 nitrogen and oxygen atoms in total. The summed E-state index contributed by atoms with van der Waals surface area (Å²) in [5, 5.41) is 0. The fourth-order valence-corrected chi connectivity index (χ4v) is 2.97. The molecule has 0 aliphatic carbocycles. The summed E-state index contributed by atoms with van der Waals surface area (Å²) in [5.74, 6) is -0.299. The Morgan fingerprint density at radius 3 is 2.29 bits per heavy atom. The first kappa shape index (κ1) is 21.7. The molecule has 0 spiro atoms. The predicted octanol–water partition coefficient (Wildman–Crippen LogP) is 6.39. The Balaban J connectivity index is 1.98. The van der Waals surface area contributed by atoms with Gasteiger partial charge in [0.1, 0.15) is 0 Å². The van der Waals surface area contributed by atoms with Crippen molar-refractivity contribution >= 4 is 23.7 Å². The third-order valence-corrected chi connectivity index (χ3v) is 4.57. The first-order chi connectivity index (χ1) is 13.7. The van der Waals surface area contributed by atoms with Crippen molar-refractivity contribution in [3.63, 3.8) is 0 Å². The lowest BCUT2D eigenvalue weighted by molar-refractivity contribution is 0.0526. The summed E-state index contributed by atoms with van der Waals surface area (Å²) >= 11 is 0. The van der Waals surface area contributed by atoms with Gasteiger partial charge in [-0.3, -0.25) is 0 Å². The van der Waals surface area contributed by atoms with E-state index in [1.54, 1.807) is 19.1 Å². The molecule has 0 unspecified atom stereocenters. The zero-order valence-corrected chi connectivity index (χ0v) is 17.1. The van der Waals surface area contributed by atoms with Crippen molar-refractivity contribution in [3.8, 4) is 0 Å². The van der Waals surface area contributed by atoms with Gasteiger partial charge in [-0.1, -0.05) is 57.2 Å². The molecule has 2 rings (SSSR count). The summed E-state index contributed by atoms with van der Waals surface area (Å²) in [6.45, 7) is 5.37. The standard InChI is InChI=1S/C24H32N2O2/c1-3-5-6-7-8-12-19-26(23-13-10-9-11-14-23)20-25-22-17-15-21(16-18-22)24(27)28-4-2/h9-11,13-18,20H,3-8,12,19H2,1-2H3/b25-20-. The number of nitrogens with zero attached hydrogens (tertiary/aromatic N) is 2. The maximum Gasteiger partial charge on any atom is 0.338 e. The number of aliphatic imine (C=N–C) groups is 1. The number of benzene rings is 2. The van der Waals surface area contributed by atoms with E-state index < -0.39 is 0 Å². The van der Waals surface area contributed by atoms with Gasteiger partial charge < -0.3 is 9.64 Å². The molecule has 0 heterocycles. The second-order valence-electron chi connectivity index (χ2n) is 6.81. The van der Waals surface area contributed by atoms with Crippen molar-refractivity contribution in [1.82, 2.24) is 0 Å². The maximum absolute atomic E-state index is 11.8. The number of esters is 1. The van der Waals surface area contributed by atoms with Crippen LogP contribution in [0.5, 0.6) is 0 Å². The number of anilines is 1. The van der Waals surface area contributed by atoms with Crippen LogP contribution in [0.4, 0.5) is 11.4 Å². The highest BCUT2D eigenvalue weighted by atomic mass is 16.5. The SMILES string of the molecule is CCCCCCCCN(/C=N\c1ccc(C(=O)OCC)cc1)c1ccccc1. The van der Waals surface area contributed by atoms with E-state index >= 15 is 0 Å². The third-order valence-electron chi connectivity index (χ3n) is 4.57. The van der Waals surface area contributed by atoms with Crippen molar-refractivity contribution in [2.45, 2.75) is 52.4 Å². The quantitative estimate of drug-likeness (QED) is 0.185. The zero-order valence-electron chi connectivity index (χ0n) is 17.1. The van der Waals surface area contributed by atoms with Crippen LogP contribution >= 0.6 is 0 Å². The normalized spacial score (nSPS) is 10.9. The Bertz CT molecular complexity index is 711. The molecule has 0 atom stereocenters. The Morgan fingerprint density at radius 2 is 1.61 bits per heavy atom. The number of ether oxygens (including phenoxy) is 1. The fraction of sp³-hybridized carbons (Fsp3) is 0.417. The minimum Gasteiger partial charge on any atom is -0.462 e. The van der Waals surface area contributed by atoms with Crippen LogP contribution in [0.3, 0.4) is 0 Å². The van der Waals surface area contributed by atoms with E-state index in [0.29, 0.717) is 12.2 Å². The van der Waals surface area contributed by atoms with Gasteiger partial charge in [0.15, 0.2) is 0 Å².